The standard InChI is InChI=1S/C17H14N4O2S/c1-10-8-14(23-20-10)19-16(22)15-11(2)21-9-13(18-17(21)24-15)12-6-4-3-5-7-12/h3-9H,1-2H3,(H,19,22). The number of thiazole rings is 1. The molecule has 0 aliphatic heterocycles. The molecule has 0 aliphatic carbocycles. The molecule has 1 amide bonds. The van der Waals surface area contributed by atoms with Crippen LogP contribution in [-0.2, 0) is 0 Å². The summed E-state index contributed by atoms with van der Waals surface area (Å²) in [6.45, 7) is 3.70. The molecule has 3 heterocycles. The van der Waals surface area contributed by atoms with Gasteiger partial charge >= 0.3 is 0 Å². The Morgan fingerprint density at radius 1 is 1.25 bits per heavy atom. The van der Waals surface area contributed by atoms with Crippen molar-refractivity contribution in [3.63, 3.8) is 0 Å². The molecule has 24 heavy (non-hydrogen) atoms. The lowest BCUT2D eigenvalue weighted by molar-refractivity contribution is 0.102. The Balaban J connectivity index is 1.66. The maximum Gasteiger partial charge on any atom is 0.270 e. The highest BCUT2D eigenvalue weighted by molar-refractivity contribution is 7.19. The summed E-state index contributed by atoms with van der Waals surface area (Å²) in [7, 11) is 0. The molecule has 0 unspecified atom stereocenters. The van der Waals surface area contributed by atoms with Crippen molar-refractivity contribution >= 4 is 28.1 Å². The van der Waals surface area contributed by atoms with Crippen LogP contribution in [-0.4, -0.2) is 20.4 Å². The van der Waals surface area contributed by atoms with E-state index in [-0.39, 0.29) is 5.91 Å². The first-order chi connectivity index (χ1) is 11.6. The van der Waals surface area contributed by atoms with Crippen molar-refractivity contribution in [2.24, 2.45) is 0 Å². The first-order valence-electron chi connectivity index (χ1n) is 7.40. The van der Waals surface area contributed by atoms with Crippen LogP contribution in [0.1, 0.15) is 21.1 Å². The summed E-state index contributed by atoms with van der Waals surface area (Å²) in [4.78, 5) is 18.4. The van der Waals surface area contributed by atoms with Crippen molar-refractivity contribution in [1.82, 2.24) is 14.5 Å². The average molecular weight is 338 g/mol. The van der Waals surface area contributed by atoms with Crippen molar-refractivity contribution in [2.75, 3.05) is 5.32 Å². The van der Waals surface area contributed by atoms with Crippen LogP contribution >= 0.6 is 11.3 Å². The minimum absolute atomic E-state index is 0.222. The zero-order valence-electron chi connectivity index (χ0n) is 13.1. The largest absolute Gasteiger partial charge is 0.338 e. The lowest BCUT2D eigenvalue weighted by Crippen LogP contribution is -2.11. The quantitative estimate of drug-likeness (QED) is 0.614. The van der Waals surface area contributed by atoms with Gasteiger partial charge in [-0.25, -0.2) is 4.98 Å². The van der Waals surface area contributed by atoms with Crippen LogP contribution in [0.25, 0.3) is 16.2 Å². The second kappa shape index (κ2) is 5.61. The monoisotopic (exact) mass is 338 g/mol. The maximum absolute atomic E-state index is 12.4. The lowest BCUT2D eigenvalue weighted by atomic mass is 10.2. The van der Waals surface area contributed by atoms with Crippen molar-refractivity contribution in [3.8, 4) is 11.3 Å². The van der Waals surface area contributed by atoms with Gasteiger partial charge in [0.2, 0.25) is 5.88 Å². The van der Waals surface area contributed by atoms with Gasteiger partial charge in [0.15, 0.2) is 4.96 Å². The molecule has 0 fully saturated rings. The fraction of sp³-hybridized carbons (Fsp3) is 0.118. The molecule has 1 N–H and O–H groups in total. The molecule has 0 atom stereocenters. The van der Waals surface area contributed by atoms with E-state index in [4.69, 9.17) is 4.52 Å². The summed E-state index contributed by atoms with van der Waals surface area (Å²) in [5.74, 6) is 0.119. The van der Waals surface area contributed by atoms with E-state index >= 15 is 0 Å². The van der Waals surface area contributed by atoms with Crippen molar-refractivity contribution < 1.29 is 9.32 Å². The van der Waals surface area contributed by atoms with E-state index in [1.54, 1.807) is 13.0 Å². The van der Waals surface area contributed by atoms with E-state index in [0.29, 0.717) is 10.8 Å². The number of rotatable bonds is 3. The number of carbonyl (C=O) groups is 1. The summed E-state index contributed by atoms with van der Waals surface area (Å²) in [5, 5.41) is 6.48. The van der Waals surface area contributed by atoms with Gasteiger partial charge < -0.3 is 4.52 Å². The van der Waals surface area contributed by atoms with E-state index in [9.17, 15) is 4.79 Å². The lowest BCUT2D eigenvalue weighted by Gasteiger charge is -1.99. The van der Waals surface area contributed by atoms with Gasteiger partial charge in [-0.05, 0) is 13.8 Å². The van der Waals surface area contributed by atoms with Crippen LogP contribution in [0.15, 0.2) is 47.1 Å². The van der Waals surface area contributed by atoms with E-state index in [0.717, 1.165) is 27.6 Å². The number of imidazole rings is 1. The van der Waals surface area contributed by atoms with Gasteiger partial charge in [-0.2, -0.15) is 0 Å². The van der Waals surface area contributed by atoms with E-state index < -0.39 is 0 Å². The number of nitrogens with zero attached hydrogens (tertiary/aromatic N) is 3. The highest BCUT2D eigenvalue weighted by atomic mass is 32.1. The third-order valence-corrected chi connectivity index (χ3v) is 4.85. The van der Waals surface area contributed by atoms with Gasteiger partial charge in [0.05, 0.1) is 11.4 Å². The molecule has 3 aromatic heterocycles. The molecule has 7 heteroatoms. The third-order valence-electron chi connectivity index (χ3n) is 3.70. The Morgan fingerprint density at radius 3 is 2.71 bits per heavy atom. The Hall–Kier alpha value is -2.93. The first kappa shape index (κ1) is 14.6. The van der Waals surface area contributed by atoms with Crippen LogP contribution in [0, 0.1) is 13.8 Å². The predicted molar refractivity (Wildman–Crippen MR) is 92.4 cm³/mol. The number of carbonyl (C=O) groups excluding carboxylic acids is 1. The molecule has 0 saturated heterocycles. The topological polar surface area (TPSA) is 72.4 Å². The molecule has 6 nitrogen and oxygen atoms in total. The van der Waals surface area contributed by atoms with Crippen molar-refractivity contribution in [2.45, 2.75) is 13.8 Å². The SMILES string of the molecule is Cc1cc(NC(=O)c2sc3nc(-c4ccccc4)cn3c2C)on1. The molecule has 1 aromatic carbocycles. The minimum atomic E-state index is -0.222. The predicted octanol–water partition coefficient (Wildman–Crippen LogP) is 3.92. The van der Waals surface area contributed by atoms with Gasteiger partial charge in [-0.1, -0.05) is 46.8 Å². The second-order valence-corrected chi connectivity index (χ2v) is 6.43. The number of aromatic nitrogens is 3. The zero-order chi connectivity index (χ0) is 16.7. The number of fused-ring (bicyclic) bond motifs is 1. The number of amides is 1. The Morgan fingerprint density at radius 2 is 2.04 bits per heavy atom. The maximum atomic E-state index is 12.4. The Labute approximate surface area is 141 Å². The Kier molecular flexibility index (Phi) is 3.42. The molecular formula is C17H14N4O2S. The first-order valence-corrected chi connectivity index (χ1v) is 8.22. The van der Waals surface area contributed by atoms with Gasteiger partial charge in [-0.15, -0.1) is 0 Å². The van der Waals surface area contributed by atoms with Gasteiger partial charge in [0, 0.05) is 23.5 Å². The fourth-order valence-corrected chi connectivity index (χ4v) is 3.50. The van der Waals surface area contributed by atoms with Gasteiger partial charge in [0.1, 0.15) is 4.88 Å². The number of nitrogens with one attached hydrogen (secondary N) is 1. The molecule has 0 spiro atoms. The highest BCUT2D eigenvalue weighted by Gasteiger charge is 2.19. The molecule has 0 saturated carbocycles. The summed E-state index contributed by atoms with van der Waals surface area (Å²) in [6.07, 6.45) is 1.95. The van der Waals surface area contributed by atoms with Crippen LogP contribution in [0.2, 0.25) is 0 Å². The summed E-state index contributed by atoms with van der Waals surface area (Å²) < 4.78 is 6.97. The number of anilines is 1. The third kappa shape index (κ3) is 2.48. The van der Waals surface area contributed by atoms with E-state index in [1.165, 1.54) is 11.3 Å². The van der Waals surface area contributed by atoms with E-state index in [1.807, 2.05) is 47.9 Å². The number of hydrogen-bond acceptors (Lipinski definition) is 5. The number of benzene rings is 1. The number of hydrogen-bond donors (Lipinski definition) is 1. The molecule has 120 valence electrons. The number of aryl methyl sites for hydroxylation is 2. The second-order valence-electron chi connectivity index (χ2n) is 5.45. The van der Waals surface area contributed by atoms with Crippen LogP contribution in [0.4, 0.5) is 5.88 Å². The van der Waals surface area contributed by atoms with Crippen LogP contribution in [0.5, 0.6) is 0 Å². The normalized spacial score (nSPS) is 11.1. The molecule has 0 aliphatic rings. The minimum Gasteiger partial charge on any atom is -0.338 e. The molecule has 0 bridgehead atoms. The van der Waals surface area contributed by atoms with Crippen molar-refractivity contribution in [3.05, 3.63) is 58.9 Å². The zero-order valence-corrected chi connectivity index (χ0v) is 13.9. The van der Waals surface area contributed by atoms with Gasteiger partial charge in [0.25, 0.3) is 5.91 Å². The molecule has 4 aromatic rings. The molecule has 4 rings (SSSR count). The molecular weight excluding hydrogens is 324 g/mol. The summed E-state index contributed by atoms with van der Waals surface area (Å²) in [5.41, 5.74) is 3.51. The average Bonchev–Trinajstić information content (AvgIpc) is 3.25. The fourth-order valence-electron chi connectivity index (χ4n) is 2.50. The van der Waals surface area contributed by atoms with Crippen LogP contribution < -0.4 is 5.32 Å². The van der Waals surface area contributed by atoms with Gasteiger partial charge in [-0.3, -0.25) is 14.5 Å². The Bertz CT molecular complexity index is 1030. The van der Waals surface area contributed by atoms with Crippen LogP contribution in [0.3, 0.4) is 0 Å². The molecule has 0 radical (unpaired) electrons. The van der Waals surface area contributed by atoms with E-state index in [2.05, 4.69) is 15.5 Å². The highest BCUT2D eigenvalue weighted by Crippen LogP contribution is 2.27. The smallest absolute Gasteiger partial charge is 0.270 e. The summed E-state index contributed by atoms with van der Waals surface area (Å²) in [6, 6.07) is 11.6. The van der Waals surface area contributed by atoms with Crippen molar-refractivity contribution in [1.29, 1.82) is 0 Å². The summed E-state index contributed by atoms with van der Waals surface area (Å²) >= 11 is 1.35.